The Bertz CT molecular complexity index is 131. The maximum atomic E-state index is 11.0. The van der Waals surface area contributed by atoms with Crippen molar-refractivity contribution in [3.8, 4) is 0 Å². The van der Waals surface area contributed by atoms with Crippen LogP contribution in [0, 0.1) is 0 Å². The second-order valence-electron chi connectivity index (χ2n) is 2.52. The molecule has 0 spiro atoms. The molecule has 0 aromatic rings. The van der Waals surface area contributed by atoms with Gasteiger partial charge in [0.05, 0.1) is 6.61 Å². The van der Waals surface area contributed by atoms with Gasteiger partial charge in [-0.05, 0) is 6.42 Å². The molecule has 0 aliphatic heterocycles. The van der Waals surface area contributed by atoms with Gasteiger partial charge < -0.3 is 20.1 Å². The fourth-order valence-electron chi connectivity index (χ4n) is 0.748. The van der Waals surface area contributed by atoms with E-state index in [1.807, 2.05) is 0 Å². The number of carbonyl (C=O) groups excluding carboxylic acids is 1. The first-order chi connectivity index (χ1) is 6.31. The zero-order valence-corrected chi connectivity index (χ0v) is 8.26. The van der Waals surface area contributed by atoms with Crippen LogP contribution in [-0.2, 0) is 9.47 Å². The zero-order chi connectivity index (χ0) is 9.94. The summed E-state index contributed by atoms with van der Waals surface area (Å²) in [6.07, 6.45) is 0.828. The Morgan fingerprint density at radius 3 is 2.31 bits per heavy atom. The molecule has 0 saturated heterocycles. The van der Waals surface area contributed by atoms with Crippen molar-refractivity contribution in [1.82, 2.24) is 10.6 Å². The molecule has 0 saturated carbocycles. The van der Waals surface area contributed by atoms with E-state index < -0.39 is 0 Å². The van der Waals surface area contributed by atoms with Crippen LogP contribution in [0.25, 0.3) is 0 Å². The molecule has 13 heavy (non-hydrogen) atoms. The minimum Gasteiger partial charge on any atom is -0.385 e. The van der Waals surface area contributed by atoms with Crippen molar-refractivity contribution in [2.45, 2.75) is 6.42 Å². The van der Waals surface area contributed by atoms with E-state index in [0.29, 0.717) is 26.3 Å². The summed E-state index contributed by atoms with van der Waals surface area (Å²) in [6.45, 7) is 2.36. The summed E-state index contributed by atoms with van der Waals surface area (Å²) >= 11 is 0. The van der Waals surface area contributed by atoms with Crippen LogP contribution >= 0.6 is 0 Å². The van der Waals surface area contributed by atoms with Gasteiger partial charge in [-0.2, -0.15) is 0 Å². The minimum absolute atomic E-state index is 0.159. The highest BCUT2D eigenvalue weighted by Gasteiger charge is 1.96. The third-order valence-corrected chi connectivity index (χ3v) is 1.40. The molecule has 5 nitrogen and oxygen atoms in total. The summed E-state index contributed by atoms with van der Waals surface area (Å²) in [5.74, 6) is 0. The van der Waals surface area contributed by atoms with Crippen molar-refractivity contribution in [1.29, 1.82) is 0 Å². The summed E-state index contributed by atoms with van der Waals surface area (Å²) in [6, 6.07) is -0.159. The fraction of sp³-hybridized carbons (Fsp3) is 0.875. The monoisotopic (exact) mass is 190 g/mol. The number of rotatable bonds is 7. The number of carbonyl (C=O) groups is 1. The number of ether oxygens (including phenoxy) is 2. The molecule has 0 aromatic heterocycles. The largest absolute Gasteiger partial charge is 0.385 e. The number of amides is 2. The maximum absolute atomic E-state index is 11.0. The highest BCUT2D eigenvalue weighted by atomic mass is 16.5. The van der Waals surface area contributed by atoms with Gasteiger partial charge in [-0.15, -0.1) is 0 Å². The Balaban J connectivity index is 3.11. The van der Waals surface area contributed by atoms with Crippen LogP contribution in [-0.4, -0.2) is 46.6 Å². The molecule has 5 heteroatoms. The Kier molecular flexibility index (Phi) is 8.70. The standard InChI is InChI=1S/C8H18N2O3/c1-12-6-3-4-9-8(11)10-5-7-13-2/h3-7H2,1-2H3,(H2,9,10,11). The Morgan fingerprint density at radius 2 is 1.69 bits per heavy atom. The van der Waals surface area contributed by atoms with Crippen molar-refractivity contribution in [2.75, 3.05) is 40.5 Å². The lowest BCUT2D eigenvalue weighted by molar-refractivity contribution is 0.190. The second-order valence-corrected chi connectivity index (χ2v) is 2.52. The van der Waals surface area contributed by atoms with Crippen molar-refractivity contribution in [2.24, 2.45) is 0 Å². The van der Waals surface area contributed by atoms with Crippen molar-refractivity contribution in [3.63, 3.8) is 0 Å². The molecule has 0 unspecified atom stereocenters. The quantitative estimate of drug-likeness (QED) is 0.554. The molecule has 2 N–H and O–H groups in total. The van der Waals surface area contributed by atoms with Gasteiger partial charge in [-0.25, -0.2) is 4.79 Å². The van der Waals surface area contributed by atoms with E-state index in [1.165, 1.54) is 0 Å². The SMILES string of the molecule is COCCCNC(=O)NCCOC. The summed E-state index contributed by atoms with van der Waals surface area (Å²) in [7, 11) is 3.23. The molecule has 0 heterocycles. The molecule has 0 aromatic carbocycles. The van der Waals surface area contributed by atoms with Crippen molar-refractivity contribution >= 4 is 6.03 Å². The van der Waals surface area contributed by atoms with Gasteiger partial charge in [0, 0.05) is 33.9 Å². The molecule has 2 amide bonds. The molecular formula is C8H18N2O3. The summed E-state index contributed by atoms with van der Waals surface area (Å²) in [4.78, 5) is 11.0. The highest BCUT2D eigenvalue weighted by Crippen LogP contribution is 1.76. The van der Waals surface area contributed by atoms with E-state index in [2.05, 4.69) is 10.6 Å². The van der Waals surface area contributed by atoms with Gasteiger partial charge in [-0.1, -0.05) is 0 Å². The third kappa shape index (κ3) is 9.10. The Morgan fingerprint density at radius 1 is 1.08 bits per heavy atom. The number of hydrogen-bond acceptors (Lipinski definition) is 3. The zero-order valence-electron chi connectivity index (χ0n) is 8.26. The van der Waals surface area contributed by atoms with Crippen LogP contribution in [0.3, 0.4) is 0 Å². The second kappa shape index (κ2) is 9.28. The number of urea groups is 1. The topological polar surface area (TPSA) is 59.6 Å². The van der Waals surface area contributed by atoms with Crippen LogP contribution in [0.2, 0.25) is 0 Å². The van der Waals surface area contributed by atoms with E-state index in [1.54, 1.807) is 14.2 Å². The lowest BCUT2D eigenvalue weighted by atomic mass is 10.4. The Hall–Kier alpha value is -0.810. The fourth-order valence-corrected chi connectivity index (χ4v) is 0.748. The molecule has 0 fully saturated rings. The predicted octanol–water partition coefficient (Wildman–Crippen LogP) is -0.0315. The molecule has 0 rings (SSSR count). The third-order valence-electron chi connectivity index (χ3n) is 1.40. The lowest BCUT2D eigenvalue weighted by Crippen LogP contribution is -2.37. The normalized spacial score (nSPS) is 9.69. The van der Waals surface area contributed by atoms with Gasteiger partial charge in [0.1, 0.15) is 0 Å². The highest BCUT2D eigenvalue weighted by molar-refractivity contribution is 5.73. The predicted molar refractivity (Wildman–Crippen MR) is 49.8 cm³/mol. The summed E-state index contributed by atoms with van der Waals surface area (Å²) in [5, 5.41) is 5.34. The first-order valence-corrected chi connectivity index (χ1v) is 4.31. The van der Waals surface area contributed by atoms with Crippen LogP contribution < -0.4 is 10.6 Å². The first kappa shape index (κ1) is 12.2. The van der Waals surface area contributed by atoms with Crippen LogP contribution in [0.5, 0.6) is 0 Å². The van der Waals surface area contributed by atoms with E-state index >= 15 is 0 Å². The van der Waals surface area contributed by atoms with E-state index in [4.69, 9.17) is 9.47 Å². The molecule has 78 valence electrons. The molecule has 0 aliphatic carbocycles. The summed E-state index contributed by atoms with van der Waals surface area (Å²) in [5.41, 5.74) is 0. The lowest BCUT2D eigenvalue weighted by Gasteiger charge is -2.06. The smallest absolute Gasteiger partial charge is 0.314 e. The minimum atomic E-state index is -0.159. The number of hydrogen-bond donors (Lipinski definition) is 2. The van der Waals surface area contributed by atoms with E-state index in [0.717, 1.165) is 6.42 Å². The number of nitrogens with one attached hydrogen (secondary N) is 2. The van der Waals surface area contributed by atoms with E-state index in [9.17, 15) is 4.79 Å². The molecule has 0 aliphatic rings. The van der Waals surface area contributed by atoms with Gasteiger partial charge >= 0.3 is 6.03 Å². The summed E-state index contributed by atoms with van der Waals surface area (Å²) < 4.78 is 9.60. The average molecular weight is 190 g/mol. The van der Waals surface area contributed by atoms with Gasteiger partial charge in [0.25, 0.3) is 0 Å². The van der Waals surface area contributed by atoms with Crippen molar-refractivity contribution < 1.29 is 14.3 Å². The first-order valence-electron chi connectivity index (χ1n) is 4.31. The molecule has 0 bridgehead atoms. The Labute approximate surface area is 78.8 Å². The molecule has 0 atom stereocenters. The van der Waals surface area contributed by atoms with Crippen LogP contribution in [0.4, 0.5) is 4.79 Å². The van der Waals surface area contributed by atoms with Gasteiger partial charge in [0.2, 0.25) is 0 Å². The van der Waals surface area contributed by atoms with Crippen LogP contribution in [0.1, 0.15) is 6.42 Å². The van der Waals surface area contributed by atoms with Gasteiger partial charge in [0.15, 0.2) is 0 Å². The van der Waals surface area contributed by atoms with Crippen molar-refractivity contribution in [3.05, 3.63) is 0 Å². The van der Waals surface area contributed by atoms with Crippen LogP contribution in [0.15, 0.2) is 0 Å². The van der Waals surface area contributed by atoms with Gasteiger partial charge in [-0.3, -0.25) is 0 Å². The number of methoxy groups -OCH3 is 2. The van der Waals surface area contributed by atoms with E-state index in [-0.39, 0.29) is 6.03 Å². The molecule has 0 radical (unpaired) electrons. The average Bonchev–Trinajstić information content (AvgIpc) is 2.13. The maximum Gasteiger partial charge on any atom is 0.314 e. The molecular weight excluding hydrogens is 172 g/mol.